The quantitative estimate of drug-likeness (QED) is 0.0711. The first-order valence-electron chi connectivity index (χ1n) is 10.4. The molecule has 0 rings (SSSR count). The van der Waals surface area contributed by atoms with Gasteiger partial charge in [0.05, 0.1) is 37.7 Å². The molecule has 0 heterocycles. The smallest absolute Gasteiger partial charge is 0.547 e. The fraction of sp³-hybridized carbons (Fsp3) is 0.833. The van der Waals surface area contributed by atoms with Gasteiger partial charge in [-0.15, -0.1) is 0 Å². The Morgan fingerprint density at radius 3 is 0.650 bits per heavy atom. The van der Waals surface area contributed by atoms with E-state index in [0.717, 1.165) is 0 Å². The van der Waals surface area contributed by atoms with Crippen LogP contribution in [0.3, 0.4) is 0 Å². The van der Waals surface area contributed by atoms with Crippen LogP contribution in [0.25, 0.3) is 0 Å². The monoisotopic (exact) mass is 687 g/mol. The molecule has 0 fully saturated rings. The van der Waals surface area contributed by atoms with Crippen molar-refractivity contribution in [2.24, 2.45) is 0 Å². The van der Waals surface area contributed by atoms with E-state index in [1.54, 1.807) is 0 Å². The first kappa shape index (κ1) is 45.4. The molecule has 0 aliphatic heterocycles. The molecule has 15 N–H and O–H groups in total. The van der Waals surface area contributed by atoms with Gasteiger partial charge in [-0.05, 0) is 0 Å². The number of carbonyl (C=O) groups is 3. The maximum atomic E-state index is 9.98. The van der Waals surface area contributed by atoms with Gasteiger partial charge in [-0.2, -0.15) is 0 Å². The summed E-state index contributed by atoms with van der Waals surface area (Å²) in [6.07, 6.45) is -24.2. The van der Waals surface area contributed by atoms with Crippen molar-refractivity contribution in [2.75, 3.05) is 19.8 Å². The number of aliphatic carboxylic acids is 3. The van der Waals surface area contributed by atoms with Crippen LogP contribution in [-0.2, 0) is 33.9 Å². The van der Waals surface area contributed by atoms with Crippen LogP contribution in [0.2, 0.25) is 0 Å². The number of carbonyl (C=O) groups excluding carboxylic acids is 3. The van der Waals surface area contributed by atoms with E-state index in [4.69, 9.17) is 76.6 Å². The van der Waals surface area contributed by atoms with Crippen molar-refractivity contribution in [3.8, 4) is 0 Å². The molecule has 239 valence electrons. The van der Waals surface area contributed by atoms with Gasteiger partial charge in [-0.1, -0.05) is 0 Å². The van der Waals surface area contributed by atoms with E-state index < -0.39 is 111 Å². The molecular weight excluding hydrogens is 653 g/mol. The molecule has 0 saturated heterocycles. The standard InChI is InChI=1S/3C6H12O7.Ru/c3*7-1-2(8)3(9)4(10)5(11)6(12)13;/h3*2-5,7-11H,1H2,(H,12,13);/q;;;+3/p-3. The fourth-order valence-electron chi connectivity index (χ4n) is 1.99. The van der Waals surface area contributed by atoms with Gasteiger partial charge < -0.3 is 106 Å². The minimum absolute atomic E-state index is 0. The second-order valence-electron chi connectivity index (χ2n) is 7.48. The van der Waals surface area contributed by atoms with E-state index in [-0.39, 0.29) is 19.5 Å². The Labute approximate surface area is 237 Å². The summed E-state index contributed by atoms with van der Waals surface area (Å²) >= 11 is 0. The summed E-state index contributed by atoms with van der Waals surface area (Å²) in [6, 6.07) is 0. The predicted molar refractivity (Wildman–Crippen MR) is 108 cm³/mol. The normalized spacial score (nSPS) is 19.9. The van der Waals surface area contributed by atoms with Crippen molar-refractivity contribution in [1.82, 2.24) is 0 Å². The molecule has 0 aromatic carbocycles. The van der Waals surface area contributed by atoms with Crippen LogP contribution in [0.5, 0.6) is 0 Å². The molecule has 0 bridgehead atoms. The number of carboxylic acids is 3. The van der Waals surface area contributed by atoms with Crippen molar-refractivity contribution < 1.29 is 126 Å². The van der Waals surface area contributed by atoms with Crippen molar-refractivity contribution in [2.45, 2.75) is 73.2 Å². The van der Waals surface area contributed by atoms with Crippen molar-refractivity contribution in [3.63, 3.8) is 0 Å². The Kier molecular flexibility index (Phi) is 26.2. The Morgan fingerprint density at radius 1 is 0.400 bits per heavy atom. The van der Waals surface area contributed by atoms with Crippen molar-refractivity contribution in [3.05, 3.63) is 0 Å². The molecule has 0 aromatic rings. The molecule has 12 atom stereocenters. The molecule has 0 aromatic heterocycles. The van der Waals surface area contributed by atoms with Crippen molar-refractivity contribution >= 4 is 17.9 Å². The Bertz CT molecular complexity index is 608. The summed E-state index contributed by atoms with van der Waals surface area (Å²) in [6.45, 7) is -2.59. The maximum Gasteiger partial charge on any atom is 3.00 e. The van der Waals surface area contributed by atoms with Crippen LogP contribution in [0, 0.1) is 0 Å². The molecule has 0 aliphatic rings. The van der Waals surface area contributed by atoms with E-state index in [2.05, 4.69) is 0 Å². The zero-order valence-electron chi connectivity index (χ0n) is 20.1. The zero-order chi connectivity index (χ0) is 31.8. The Balaban J connectivity index is -0.000000240. The third-order valence-electron chi connectivity index (χ3n) is 4.49. The summed E-state index contributed by atoms with van der Waals surface area (Å²) in [5, 5.41) is 160. The molecular formula is C18H33O21Ru. The third-order valence-corrected chi connectivity index (χ3v) is 4.49. The fourth-order valence-corrected chi connectivity index (χ4v) is 1.99. The minimum Gasteiger partial charge on any atom is -0.547 e. The summed E-state index contributed by atoms with van der Waals surface area (Å²) in [4.78, 5) is 29.9. The zero-order valence-corrected chi connectivity index (χ0v) is 21.8. The second kappa shape index (κ2) is 23.0. The van der Waals surface area contributed by atoms with Gasteiger partial charge in [-0.3, -0.25) is 0 Å². The van der Waals surface area contributed by atoms with Crippen LogP contribution in [0.4, 0.5) is 0 Å². The minimum atomic E-state index is -2.31. The largest absolute Gasteiger partial charge is 3.00 e. The predicted octanol–water partition coefficient (Wildman–Crippen LogP) is -14.5. The molecule has 0 saturated carbocycles. The van der Waals surface area contributed by atoms with Gasteiger partial charge in [-0.25, -0.2) is 0 Å². The molecule has 0 aliphatic carbocycles. The summed E-state index contributed by atoms with van der Waals surface area (Å²) in [5.41, 5.74) is 0. The van der Waals surface area contributed by atoms with Crippen LogP contribution < -0.4 is 15.3 Å². The van der Waals surface area contributed by atoms with Crippen LogP contribution in [-0.4, -0.2) is 188 Å². The van der Waals surface area contributed by atoms with Crippen LogP contribution in [0.1, 0.15) is 0 Å². The van der Waals surface area contributed by atoms with Gasteiger partial charge in [0.2, 0.25) is 0 Å². The van der Waals surface area contributed by atoms with E-state index in [0.29, 0.717) is 0 Å². The van der Waals surface area contributed by atoms with Gasteiger partial charge in [0.1, 0.15) is 73.2 Å². The van der Waals surface area contributed by atoms with E-state index in [1.807, 2.05) is 0 Å². The van der Waals surface area contributed by atoms with E-state index >= 15 is 0 Å². The summed E-state index contributed by atoms with van der Waals surface area (Å²) < 4.78 is 0. The maximum absolute atomic E-state index is 9.98. The molecule has 21 nitrogen and oxygen atoms in total. The summed E-state index contributed by atoms with van der Waals surface area (Å²) in [5.74, 6) is -5.93. The van der Waals surface area contributed by atoms with E-state index in [9.17, 15) is 29.7 Å². The topological polar surface area (TPSA) is 424 Å². The first-order valence-corrected chi connectivity index (χ1v) is 10.4. The van der Waals surface area contributed by atoms with Gasteiger partial charge >= 0.3 is 19.5 Å². The van der Waals surface area contributed by atoms with E-state index in [1.165, 1.54) is 0 Å². The molecule has 40 heavy (non-hydrogen) atoms. The van der Waals surface area contributed by atoms with Crippen LogP contribution >= 0.6 is 0 Å². The number of aliphatic hydroxyl groups excluding tert-OH is 15. The molecule has 22 heteroatoms. The average molecular weight is 687 g/mol. The number of rotatable bonds is 15. The number of carboxylic acid groups (broad SMARTS) is 3. The van der Waals surface area contributed by atoms with Crippen LogP contribution in [0.15, 0.2) is 0 Å². The first-order chi connectivity index (χ1) is 17.7. The second-order valence-corrected chi connectivity index (χ2v) is 7.48. The van der Waals surface area contributed by atoms with Gasteiger partial charge in [0, 0.05) is 0 Å². The molecule has 0 spiro atoms. The molecule has 1 radical (unpaired) electrons. The molecule has 12 unspecified atom stereocenters. The number of hydrogen-bond acceptors (Lipinski definition) is 21. The number of hydrogen-bond donors (Lipinski definition) is 15. The summed E-state index contributed by atoms with van der Waals surface area (Å²) in [7, 11) is 0. The number of aliphatic hydroxyl groups is 15. The SMILES string of the molecule is O=C([O-])C(O)C(O)C(O)C(O)CO.O=C([O-])C(O)C(O)C(O)C(O)CO.O=C([O-])C(O)C(O)C(O)C(O)CO.[Ru+3]. The Morgan fingerprint density at radius 2 is 0.550 bits per heavy atom. The molecule has 0 amide bonds. The van der Waals surface area contributed by atoms with Gasteiger partial charge in [0.15, 0.2) is 0 Å². The van der Waals surface area contributed by atoms with Gasteiger partial charge in [0.25, 0.3) is 0 Å². The average Bonchev–Trinajstić information content (AvgIpc) is 2.92. The van der Waals surface area contributed by atoms with Crippen molar-refractivity contribution in [1.29, 1.82) is 0 Å². The Hall–Kier alpha value is -1.57. The third kappa shape index (κ3) is 16.6.